The lowest BCUT2D eigenvalue weighted by Gasteiger charge is -2.25. The Kier molecular flexibility index (Phi) is 7.17. The molecule has 0 aliphatic heterocycles. The van der Waals surface area contributed by atoms with Crippen LogP contribution in [0.25, 0.3) is 89.0 Å². The number of fused-ring (bicyclic) bond motifs is 11. The Balaban J connectivity index is 0.977. The Hall–Kier alpha value is -8.42. The van der Waals surface area contributed by atoms with Gasteiger partial charge in [-0.1, -0.05) is 109 Å². The van der Waals surface area contributed by atoms with Gasteiger partial charge in [0.15, 0.2) is 0 Å². The van der Waals surface area contributed by atoms with Crippen LogP contribution in [0.4, 0.5) is 17.1 Å². The van der Waals surface area contributed by atoms with Gasteiger partial charge in [-0.2, -0.15) is 0 Å². The third kappa shape index (κ3) is 5.04. The smallest absolute Gasteiger partial charge is 0.220 e. The number of imidazole rings is 4. The summed E-state index contributed by atoms with van der Waals surface area (Å²) in [5.41, 5.74) is 16.1. The molecule has 0 amide bonds. The van der Waals surface area contributed by atoms with Crippen molar-refractivity contribution in [3.05, 3.63) is 212 Å². The standard InChI is InChI=1S/C54H35N7/c1-4-16-39(17-5-1)57(40-18-6-2-7-19-40)42-30-31-47-45(35-42)56-54-59(50-26-14-15-27-51(50)60(47)54)46-23-11-10-22-43(46)37-29-28-36-34-52-44(33-38(36)32-37)55-53-58(41-20-8-3-9-21-41)48-24-12-13-25-49(48)61(52)53/h1-35H. The number of hydrogen-bond donors (Lipinski definition) is 0. The molecule has 0 atom stereocenters. The van der Waals surface area contributed by atoms with E-state index in [-0.39, 0.29) is 0 Å². The highest BCUT2D eigenvalue weighted by molar-refractivity contribution is 6.02. The molecule has 0 aliphatic carbocycles. The quantitative estimate of drug-likeness (QED) is 0.169. The summed E-state index contributed by atoms with van der Waals surface area (Å²) in [6, 6.07) is 75.3. The van der Waals surface area contributed by atoms with Crippen LogP contribution in [-0.4, -0.2) is 27.9 Å². The zero-order valence-electron chi connectivity index (χ0n) is 32.8. The molecule has 286 valence electrons. The molecule has 61 heavy (non-hydrogen) atoms. The first-order valence-corrected chi connectivity index (χ1v) is 20.6. The lowest BCUT2D eigenvalue weighted by atomic mass is 9.99. The zero-order valence-corrected chi connectivity index (χ0v) is 32.8. The first kappa shape index (κ1) is 33.5. The summed E-state index contributed by atoms with van der Waals surface area (Å²) in [6.07, 6.45) is 0. The normalized spacial score (nSPS) is 11.9. The lowest BCUT2D eigenvalue weighted by molar-refractivity contribution is 1.11. The minimum absolute atomic E-state index is 0.866. The molecule has 0 fully saturated rings. The molecule has 0 saturated carbocycles. The van der Waals surface area contributed by atoms with Gasteiger partial charge < -0.3 is 4.90 Å². The van der Waals surface area contributed by atoms with Crippen molar-refractivity contribution in [2.45, 2.75) is 0 Å². The van der Waals surface area contributed by atoms with Crippen molar-refractivity contribution in [2.75, 3.05) is 4.90 Å². The van der Waals surface area contributed by atoms with Gasteiger partial charge in [-0.3, -0.25) is 17.9 Å². The number of benzene rings is 9. The van der Waals surface area contributed by atoms with E-state index >= 15 is 0 Å². The molecular weight excluding hydrogens is 747 g/mol. The van der Waals surface area contributed by atoms with Crippen molar-refractivity contribution < 1.29 is 0 Å². The topological polar surface area (TPSA) is 47.7 Å². The maximum Gasteiger partial charge on any atom is 0.220 e. The number of nitrogens with zero attached hydrogens (tertiary/aromatic N) is 7. The van der Waals surface area contributed by atoms with Gasteiger partial charge in [0.05, 0.1) is 49.8 Å². The molecule has 7 heteroatoms. The van der Waals surface area contributed by atoms with E-state index in [1.165, 1.54) is 0 Å². The molecule has 0 spiro atoms. The average Bonchev–Trinajstić information content (AvgIpc) is 4.05. The summed E-state index contributed by atoms with van der Waals surface area (Å²) < 4.78 is 9.17. The fraction of sp³-hybridized carbons (Fsp3) is 0. The van der Waals surface area contributed by atoms with E-state index < -0.39 is 0 Å². The Labute approximate surface area is 349 Å². The number of hydrogen-bond acceptors (Lipinski definition) is 3. The fourth-order valence-corrected chi connectivity index (χ4v) is 9.43. The monoisotopic (exact) mass is 781 g/mol. The number of aromatic nitrogens is 6. The van der Waals surface area contributed by atoms with E-state index in [1.54, 1.807) is 0 Å². The third-order valence-corrected chi connectivity index (χ3v) is 12.1. The van der Waals surface area contributed by atoms with Crippen molar-refractivity contribution in [1.82, 2.24) is 27.9 Å². The van der Waals surface area contributed by atoms with Gasteiger partial charge in [0.2, 0.25) is 11.6 Å². The van der Waals surface area contributed by atoms with Gasteiger partial charge in [0.25, 0.3) is 0 Å². The van der Waals surface area contributed by atoms with Crippen molar-refractivity contribution in [2.24, 2.45) is 0 Å². The molecule has 0 bridgehead atoms. The predicted octanol–water partition coefficient (Wildman–Crippen LogP) is 13.5. The van der Waals surface area contributed by atoms with Crippen LogP contribution in [0.5, 0.6) is 0 Å². The van der Waals surface area contributed by atoms with Gasteiger partial charge >= 0.3 is 0 Å². The van der Waals surface area contributed by atoms with Crippen LogP contribution in [0.2, 0.25) is 0 Å². The van der Waals surface area contributed by atoms with E-state index in [0.29, 0.717) is 0 Å². The lowest BCUT2D eigenvalue weighted by Crippen LogP contribution is -2.09. The Morgan fingerprint density at radius 2 is 0.902 bits per heavy atom. The van der Waals surface area contributed by atoms with Gasteiger partial charge in [-0.05, 0) is 119 Å². The molecule has 13 rings (SSSR count). The third-order valence-electron chi connectivity index (χ3n) is 12.1. The van der Waals surface area contributed by atoms with Crippen LogP contribution in [0.1, 0.15) is 0 Å². The van der Waals surface area contributed by atoms with E-state index in [1.807, 2.05) is 0 Å². The summed E-state index contributed by atoms with van der Waals surface area (Å²) in [6.45, 7) is 0. The summed E-state index contributed by atoms with van der Waals surface area (Å²) in [5, 5.41) is 2.30. The number of rotatable bonds is 6. The van der Waals surface area contributed by atoms with Gasteiger partial charge in [0, 0.05) is 28.3 Å². The molecule has 0 radical (unpaired) electrons. The van der Waals surface area contributed by atoms with Gasteiger partial charge in [-0.15, -0.1) is 0 Å². The van der Waals surface area contributed by atoms with E-state index in [0.717, 1.165) is 106 Å². The SMILES string of the molecule is c1ccc(N(c2ccccc2)c2ccc3c(c2)nc2n(-c4ccccc4-c4ccc5cc6c(cc5c4)nc4n(-c5ccccc5)c5ccccc5n64)c4ccccc4n32)cc1. The first-order valence-electron chi connectivity index (χ1n) is 20.6. The van der Waals surface area contributed by atoms with Gasteiger partial charge in [-0.25, -0.2) is 9.97 Å². The highest BCUT2D eigenvalue weighted by Crippen LogP contribution is 2.39. The average molecular weight is 782 g/mol. The van der Waals surface area contributed by atoms with Crippen LogP contribution in [0, 0.1) is 0 Å². The van der Waals surface area contributed by atoms with Crippen LogP contribution < -0.4 is 4.90 Å². The first-order chi connectivity index (χ1) is 30.3. The molecule has 0 N–H and O–H groups in total. The highest BCUT2D eigenvalue weighted by atomic mass is 15.2. The van der Waals surface area contributed by atoms with Crippen molar-refractivity contribution in [1.29, 1.82) is 0 Å². The van der Waals surface area contributed by atoms with Crippen molar-refractivity contribution >= 4 is 83.5 Å². The molecule has 9 aromatic carbocycles. The summed E-state index contributed by atoms with van der Waals surface area (Å²) in [7, 11) is 0. The summed E-state index contributed by atoms with van der Waals surface area (Å²) in [4.78, 5) is 13.0. The summed E-state index contributed by atoms with van der Waals surface area (Å²) >= 11 is 0. The molecule has 0 saturated heterocycles. The minimum Gasteiger partial charge on any atom is -0.310 e. The number of anilines is 3. The molecule has 7 nitrogen and oxygen atoms in total. The van der Waals surface area contributed by atoms with E-state index in [4.69, 9.17) is 9.97 Å². The molecule has 4 heterocycles. The van der Waals surface area contributed by atoms with Crippen LogP contribution >= 0.6 is 0 Å². The second-order valence-corrected chi connectivity index (χ2v) is 15.6. The van der Waals surface area contributed by atoms with E-state index in [2.05, 4.69) is 235 Å². The largest absolute Gasteiger partial charge is 0.310 e. The predicted molar refractivity (Wildman–Crippen MR) is 250 cm³/mol. The Morgan fingerprint density at radius 3 is 1.61 bits per heavy atom. The van der Waals surface area contributed by atoms with Crippen LogP contribution in [0.15, 0.2) is 212 Å². The maximum absolute atomic E-state index is 5.43. The molecule has 4 aromatic heterocycles. The second-order valence-electron chi connectivity index (χ2n) is 15.6. The molecule has 0 unspecified atom stereocenters. The summed E-state index contributed by atoms with van der Waals surface area (Å²) in [5.74, 6) is 1.77. The molecule has 0 aliphatic rings. The molecule has 13 aromatic rings. The minimum atomic E-state index is 0.866. The van der Waals surface area contributed by atoms with Crippen molar-refractivity contribution in [3.63, 3.8) is 0 Å². The van der Waals surface area contributed by atoms with Crippen LogP contribution in [0.3, 0.4) is 0 Å². The zero-order chi connectivity index (χ0) is 40.0. The fourth-order valence-electron chi connectivity index (χ4n) is 9.43. The highest BCUT2D eigenvalue weighted by Gasteiger charge is 2.22. The Morgan fingerprint density at radius 1 is 0.344 bits per heavy atom. The van der Waals surface area contributed by atoms with Crippen LogP contribution in [-0.2, 0) is 0 Å². The Bertz CT molecular complexity index is 3780. The number of para-hydroxylation sites is 8. The van der Waals surface area contributed by atoms with Crippen molar-refractivity contribution in [3.8, 4) is 22.5 Å². The molecular formula is C54H35N7. The second kappa shape index (κ2) is 13.0. The maximum atomic E-state index is 5.43. The van der Waals surface area contributed by atoms with Gasteiger partial charge in [0.1, 0.15) is 0 Å². The van der Waals surface area contributed by atoms with E-state index in [9.17, 15) is 0 Å².